The van der Waals surface area contributed by atoms with Crippen LogP contribution in [0.1, 0.15) is 39.4 Å². The summed E-state index contributed by atoms with van der Waals surface area (Å²) in [7, 11) is 1.67. The zero-order valence-electron chi connectivity index (χ0n) is 15.7. The van der Waals surface area contributed by atoms with Crippen molar-refractivity contribution < 1.29 is 19.0 Å². The van der Waals surface area contributed by atoms with Gasteiger partial charge < -0.3 is 14.2 Å². The summed E-state index contributed by atoms with van der Waals surface area (Å²) in [6, 6.07) is 8.13. The number of fused-ring (bicyclic) bond motifs is 2. The molecule has 0 aromatic heterocycles. The molecule has 1 aliphatic heterocycles. The second-order valence-electron chi connectivity index (χ2n) is 7.53. The lowest BCUT2D eigenvalue weighted by atomic mass is 9.56. The average molecular weight is 344 g/mol. The largest absolute Gasteiger partial charge is 0.497 e. The molecular formula is C21H28O4. The second kappa shape index (κ2) is 6.83. The molecule has 0 unspecified atom stereocenters. The van der Waals surface area contributed by atoms with E-state index in [9.17, 15) is 4.79 Å². The lowest BCUT2D eigenvalue weighted by molar-refractivity contribution is -0.180. The molecule has 2 bridgehead atoms. The molecule has 3 rings (SSSR count). The number of benzene rings is 1. The fourth-order valence-electron chi connectivity index (χ4n) is 4.59. The molecule has 1 aliphatic carbocycles. The molecule has 0 spiro atoms. The number of hydrogen-bond acceptors (Lipinski definition) is 4. The Balaban J connectivity index is 1.92. The van der Waals surface area contributed by atoms with Crippen LogP contribution in [0.2, 0.25) is 0 Å². The molecule has 0 N–H and O–H groups in total. The Kier molecular flexibility index (Phi) is 4.92. The van der Waals surface area contributed by atoms with Crippen molar-refractivity contribution in [3.8, 4) is 5.75 Å². The minimum absolute atomic E-state index is 0.0232. The van der Waals surface area contributed by atoms with Crippen LogP contribution in [0, 0.1) is 23.2 Å². The summed E-state index contributed by atoms with van der Waals surface area (Å²) in [6.45, 7) is 9.16. The lowest BCUT2D eigenvalue weighted by Gasteiger charge is -2.55. The van der Waals surface area contributed by atoms with Crippen LogP contribution in [0.25, 0.3) is 0 Å². The predicted octanol–water partition coefficient (Wildman–Crippen LogP) is 4.16. The molecule has 0 amide bonds. The molecule has 1 fully saturated rings. The van der Waals surface area contributed by atoms with Gasteiger partial charge in [-0.25, -0.2) is 0 Å². The van der Waals surface area contributed by atoms with Gasteiger partial charge in [-0.3, -0.25) is 4.79 Å². The van der Waals surface area contributed by atoms with E-state index in [1.54, 1.807) is 7.11 Å². The third kappa shape index (κ3) is 3.08. The maximum atomic E-state index is 11.4. The molecule has 4 nitrogen and oxygen atoms in total. The Morgan fingerprint density at radius 1 is 1.28 bits per heavy atom. The first kappa shape index (κ1) is 18.0. The highest BCUT2D eigenvalue weighted by atomic mass is 16.5. The molecule has 1 saturated heterocycles. The van der Waals surface area contributed by atoms with Gasteiger partial charge in [-0.05, 0) is 36.5 Å². The van der Waals surface area contributed by atoms with Crippen LogP contribution >= 0.6 is 0 Å². The normalized spacial score (nSPS) is 34.2. The number of esters is 1. The fraction of sp³-hybridized carbons (Fsp3) is 0.571. The van der Waals surface area contributed by atoms with E-state index in [1.807, 2.05) is 12.1 Å². The highest BCUT2D eigenvalue weighted by molar-refractivity contribution is 5.66. The number of carbonyl (C=O) groups excluding carboxylic acids is 1. The van der Waals surface area contributed by atoms with E-state index in [0.29, 0.717) is 25.0 Å². The van der Waals surface area contributed by atoms with E-state index in [-0.39, 0.29) is 23.4 Å². The molecule has 1 heterocycles. The molecule has 136 valence electrons. The van der Waals surface area contributed by atoms with Crippen molar-refractivity contribution >= 4 is 5.97 Å². The van der Waals surface area contributed by atoms with Gasteiger partial charge in [0.25, 0.3) is 0 Å². The van der Waals surface area contributed by atoms with Gasteiger partial charge in [-0.1, -0.05) is 37.6 Å². The molecule has 1 aromatic rings. The first-order chi connectivity index (χ1) is 11.9. The minimum atomic E-state index is -0.228. The Labute approximate surface area is 150 Å². The van der Waals surface area contributed by atoms with Crippen molar-refractivity contribution in [3.63, 3.8) is 0 Å². The van der Waals surface area contributed by atoms with Crippen LogP contribution in [0.4, 0.5) is 0 Å². The third-order valence-electron chi connectivity index (χ3n) is 6.24. The van der Waals surface area contributed by atoms with Crippen LogP contribution in [0.15, 0.2) is 35.9 Å². The summed E-state index contributed by atoms with van der Waals surface area (Å²) in [5.41, 5.74) is 2.37. The monoisotopic (exact) mass is 344 g/mol. The van der Waals surface area contributed by atoms with Crippen molar-refractivity contribution in [2.24, 2.45) is 23.2 Å². The fourth-order valence-corrected chi connectivity index (χ4v) is 4.59. The van der Waals surface area contributed by atoms with Crippen molar-refractivity contribution in [2.75, 3.05) is 20.3 Å². The van der Waals surface area contributed by atoms with E-state index >= 15 is 0 Å². The zero-order chi connectivity index (χ0) is 18.2. The van der Waals surface area contributed by atoms with Crippen molar-refractivity contribution in [3.05, 3.63) is 41.5 Å². The summed E-state index contributed by atoms with van der Waals surface area (Å²) in [5.74, 6) is 1.59. The predicted molar refractivity (Wildman–Crippen MR) is 96.3 cm³/mol. The highest BCUT2D eigenvalue weighted by Gasteiger charge is 2.54. The van der Waals surface area contributed by atoms with Gasteiger partial charge >= 0.3 is 5.97 Å². The zero-order valence-corrected chi connectivity index (χ0v) is 15.7. The van der Waals surface area contributed by atoms with Crippen LogP contribution in [0.5, 0.6) is 5.75 Å². The van der Waals surface area contributed by atoms with E-state index in [1.165, 1.54) is 18.1 Å². The second-order valence-corrected chi connectivity index (χ2v) is 7.53. The standard InChI is InChI=1S/C21H28O4/c1-13-10-14(2)21(11-24-16(4)22)12-25-20(19(13)15(21)3)17-6-8-18(23-5)9-7-17/h6-10,14-15,19-20H,11-12H2,1-5H3/t14-,15-,19-,20-,21+/m0/s1. The van der Waals surface area contributed by atoms with Crippen LogP contribution < -0.4 is 4.74 Å². The van der Waals surface area contributed by atoms with Gasteiger partial charge in [0, 0.05) is 18.3 Å². The topological polar surface area (TPSA) is 44.8 Å². The van der Waals surface area contributed by atoms with Gasteiger partial charge in [-0.15, -0.1) is 0 Å². The molecule has 0 saturated carbocycles. The van der Waals surface area contributed by atoms with E-state index in [4.69, 9.17) is 14.2 Å². The molecule has 2 aliphatic rings. The smallest absolute Gasteiger partial charge is 0.302 e. The molecule has 25 heavy (non-hydrogen) atoms. The number of methoxy groups -OCH3 is 1. The van der Waals surface area contributed by atoms with E-state index in [2.05, 4.69) is 39.0 Å². The number of allylic oxidation sites excluding steroid dienone is 1. The maximum absolute atomic E-state index is 11.4. The van der Waals surface area contributed by atoms with Crippen LogP contribution in [0.3, 0.4) is 0 Å². The van der Waals surface area contributed by atoms with Gasteiger partial charge in [0.15, 0.2) is 0 Å². The average Bonchev–Trinajstić information content (AvgIpc) is 2.59. The lowest BCUT2D eigenvalue weighted by Crippen LogP contribution is -2.54. The van der Waals surface area contributed by atoms with E-state index in [0.717, 1.165) is 5.75 Å². The number of rotatable bonds is 4. The first-order valence-corrected chi connectivity index (χ1v) is 8.96. The summed E-state index contributed by atoms with van der Waals surface area (Å²) in [5, 5.41) is 0. The summed E-state index contributed by atoms with van der Waals surface area (Å²) < 4.78 is 17.1. The van der Waals surface area contributed by atoms with Gasteiger partial charge in [-0.2, -0.15) is 0 Å². The van der Waals surface area contributed by atoms with Gasteiger partial charge in [0.1, 0.15) is 5.75 Å². The Morgan fingerprint density at radius 2 is 1.96 bits per heavy atom. The number of hydrogen-bond donors (Lipinski definition) is 0. The number of ether oxygens (including phenoxy) is 3. The summed E-state index contributed by atoms with van der Waals surface area (Å²) >= 11 is 0. The Morgan fingerprint density at radius 3 is 2.56 bits per heavy atom. The Hall–Kier alpha value is -1.81. The van der Waals surface area contributed by atoms with Crippen LogP contribution in [-0.2, 0) is 14.3 Å². The van der Waals surface area contributed by atoms with Crippen LogP contribution in [-0.4, -0.2) is 26.3 Å². The molecular weight excluding hydrogens is 316 g/mol. The van der Waals surface area contributed by atoms with Crippen molar-refractivity contribution in [2.45, 2.75) is 33.8 Å². The molecule has 0 radical (unpaired) electrons. The quantitative estimate of drug-likeness (QED) is 0.607. The molecule has 1 aromatic carbocycles. The third-order valence-corrected chi connectivity index (χ3v) is 6.24. The Bertz CT molecular complexity index is 663. The first-order valence-electron chi connectivity index (χ1n) is 8.96. The molecule has 4 heteroatoms. The summed E-state index contributed by atoms with van der Waals surface area (Å²) in [4.78, 5) is 11.4. The highest BCUT2D eigenvalue weighted by Crippen LogP contribution is 2.56. The number of carbonyl (C=O) groups is 1. The minimum Gasteiger partial charge on any atom is -0.497 e. The van der Waals surface area contributed by atoms with Crippen molar-refractivity contribution in [1.82, 2.24) is 0 Å². The van der Waals surface area contributed by atoms with Gasteiger partial charge in [0.05, 0.1) is 26.4 Å². The van der Waals surface area contributed by atoms with Crippen molar-refractivity contribution in [1.29, 1.82) is 0 Å². The summed E-state index contributed by atoms with van der Waals surface area (Å²) in [6.07, 6.45) is 2.36. The van der Waals surface area contributed by atoms with Gasteiger partial charge in [0.2, 0.25) is 0 Å². The maximum Gasteiger partial charge on any atom is 0.302 e. The SMILES string of the molecule is COc1ccc([C@@H]2OC[C@]3(COC(C)=O)[C@@H](C)C=C(C)[C@H]2[C@@H]3C)cc1. The van der Waals surface area contributed by atoms with E-state index < -0.39 is 0 Å². The molecule has 5 atom stereocenters.